The Bertz CT molecular complexity index is 1330. The first-order chi connectivity index (χ1) is 15.9. The van der Waals surface area contributed by atoms with Gasteiger partial charge in [-0.15, -0.1) is 0 Å². The van der Waals surface area contributed by atoms with Crippen molar-refractivity contribution in [3.63, 3.8) is 0 Å². The van der Waals surface area contributed by atoms with Crippen LogP contribution in [-0.4, -0.2) is 35.4 Å². The molecule has 0 bridgehead atoms. The van der Waals surface area contributed by atoms with Crippen LogP contribution in [0.15, 0.2) is 60.0 Å². The number of nitrogens with two attached hydrogens (primary N) is 1. The van der Waals surface area contributed by atoms with Gasteiger partial charge in [0, 0.05) is 11.3 Å². The third kappa shape index (κ3) is 2.75. The van der Waals surface area contributed by atoms with Gasteiger partial charge < -0.3 is 25.3 Å². The molecule has 9 heteroatoms. The summed E-state index contributed by atoms with van der Waals surface area (Å²) < 4.78 is 18.3. The number of esters is 1. The van der Waals surface area contributed by atoms with Gasteiger partial charge in [-0.25, -0.2) is 9.48 Å². The van der Waals surface area contributed by atoms with Crippen LogP contribution in [0, 0.1) is 6.92 Å². The van der Waals surface area contributed by atoms with E-state index < -0.39 is 17.3 Å². The molecule has 9 nitrogen and oxygen atoms in total. The number of fused-ring (bicyclic) bond motifs is 4. The van der Waals surface area contributed by atoms with Gasteiger partial charge >= 0.3 is 5.97 Å². The molecule has 3 N–H and O–H groups in total. The monoisotopic (exact) mass is 446 g/mol. The maximum absolute atomic E-state index is 13.8. The van der Waals surface area contributed by atoms with E-state index in [4.69, 9.17) is 19.9 Å². The van der Waals surface area contributed by atoms with Crippen LogP contribution in [0.25, 0.3) is 5.69 Å². The van der Waals surface area contributed by atoms with Crippen LogP contribution in [0.3, 0.4) is 0 Å². The number of para-hydroxylation sites is 1. The van der Waals surface area contributed by atoms with E-state index in [0.29, 0.717) is 33.9 Å². The number of hydrogen-bond acceptors (Lipinski definition) is 7. The molecule has 1 aromatic heterocycles. The molecule has 1 spiro atoms. The molecule has 0 fully saturated rings. The van der Waals surface area contributed by atoms with Crippen molar-refractivity contribution in [2.75, 3.05) is 19.0 Å². The van der Waals surface area contributed by atoms with E-state index in [1.165, 1.54) is 7.11 Å². The fourth-order valence-electron chi connectivity index (χ4n) is 4.60. The van der Waals surface area contributed by atoms with Gasteiger partial charge in [-0.3, -0.25) is 4.79 Å². The quantitative estimate of drug-likeness (QED) is 0.592. The fourth-order valence-corrected chi connectivity index (χ4v) is 4.60. The molecule has 3 aromatic rings. The Morgan fingerprint density at radius 2 is 2.00 bits per heavy atom. The van der Waals surface area contributed by atoms with Crippen LogP contribution in [0.2, 0.25) is 0 Å². The van der Waals surface area contributed by atoms with Crippen molar-refractivity contribution in [1.29, 1.82) is 0 Å². The van der Waals surface area contributed by atoms with Gasteiger partial charge in [-0.2, -0.15) is 5.10 Å². The van der Waals surface area contributed by atoms with Crippen LogP contribution < -0.4 is 20.5 Å². The van der Waals surface area contributed by atoms with E-state index in [2.05, 4.69) is 10.4 Å². The molecule has 0 saturated heterocycles. The van der Waals surface area contributed by atoms with E-state index in [-0.39, 0.29) is 23.9 Å². The van der Waals surface area contributed by atoms with E-state index in [1.54, 1.807) is 36.7 Å². The number of anilines is 1. The summed E-state index contributed by atoms with van der Waals surface area (Å²) in [6.45, 7) is 3.55. The van der Waals surface area contributed by atoms with E-state index in [0.717, 1.165) is 0 Å². The van der Waals surface area contributed by atoms with Gasteiger partial charge in [0.1, 0.15) is 16.7 Å². The van der Waals surface area contributed by atoms with Crippen molar-refractivity contribution in [3.05, 3.63) is 76.8 Å². The van der Waals surface area contributed by atoms with Gasteiger partial charge in [0.2, 0.25) is 17.7 Å². The zero-order chi connectivity index (χ0) is 23.3. The van der Waals surface area contributed by atoms with Gasteiger partial charge in [-0.05, 0) is 44.2 Å². The minimum atomic E-state index is -1.62. The predicted molar refractivity (Wildman–Crippen MR) is 119 cm³/mol. The highest BCUT2D eigenvalue weighted by molar-refractivity contribution is 6.17. The van der Waals surface area contributed by atoms with Gasteiger partial charge in [0.05, 0.1) is 30.7 Å². The third-order valence-electron chi connectivity index (χ3n) is 5.92. The molecule has 168 valence electrons. The lowest BCUT2D eigenvalue weighted by molar-refractivity contribution is -0.140. The third-order valence-corrected chi connectivity index (χ3v) is 5.92. The number of ether oxygens (including phenoxy) is 3. The molecule has 2 aliphatic heterocycles. The van der Waals surface area contributed by atoms with Crippen LogP contribution in [0.4, 0.5) is 5.69 Å². The summed E-state index contributed by atoms with van der Waals surface area (Å²) in [5.41, 5.74) is 7.32. The minimum absolute atomic E-state index is 0.0861. The SMILES string of the molecule is CCOC(=O)C1=C(N)Oc2c(c(C)nn2-c2ccccc2)[C@@]12C(=O)Nc1ccc(OC)cc12. The average Bonchev–Trinajstić information content (AvgIpc) is 3.28. The molecule has 1 atom stereocenters. The molecular formula is C24H22N4O5. The standard InChI is InChI=1S/C24H22N4O5/c1-4-32-22(29)19-20(25)33-21-18(13(2)27-28(21)14-8-6-5-7-9-14)24(19)16-12-15(31-3)10-11-17(16)26-23(24)30/h5-12H,4,25H2,1-3H3,(H,26,30)/t24-/m1/s1. The molecule has 0 unspecified atom stereocenters. The van der Waals surface area contributed by atoms with Gasteiger partial charge in [-0.1, -0.05) is 18.2 Å². The molecule has 5 rings (SSSR count). The topological polar surface area (TPSA) is 118 Å². The number of nitrogens with zero attached hydrogens (tertiary/aromatic N) is 2. The zero-order valence-electron chi connectivity index (χ0n) is 18.3. The Morgan fingerprint density at radius 3 is 2.70 bits per heavy atom. The summed E-state index contributed by atoms with van der Waals surface area (Å²) in [6, 6.07) is 14.5. The van der Waals surface area contributed by atoms with Crippen LogP contribution in [0.1, 0.15) is 23.7 Å². The Labute approximate surface area is 189 Å². The number of aryl methyl sites for hydroxylation is 1. The number of carbonyl (C=O) groups excluding carboxylic acids is 2. The highest BCUT2D eigenvalue weighted by atomic mass is 16.5. The van der Waals surface area contributed by atoms with E-state index in [1.807, 2.05) is 30.3 Å². The van der Waals surface area contributed by atoms with E-state index in [9.17, 15) is 9.59 Å². The summed E-state index contributed by atoms with van der Waals surface area (Å²) in [5, 5.41) is 7.54. The minimum Gasteiger partial charge on any atom is -0.497 e. The first-order valence-electron chi connectivity index (χ1n) is 10.4. The lowest BCUT2D eigenvalue weighted by atomic mass is 9.68. The highest BCUT2D eigenvalue weighted by Crippen LogP contribution is 2.55. The van der Waals surface area contributed by atoms with Crippen molar-refractivity contribution < 1.29 is 23.8 Å². The number of hydrogen-bond donors (Lipinski definition) is 2. The van der Waals surface area contributed by atoms with Crippen molar-refractivity contribution in [2.45, 2.75) is 19.3 Å². The molecule has 33 heavy (non-hydrogen) atoms. The summed E-state index contributed by atoms with van der Waals surface area (Å²) in [4.78, 5) is 27.0. The largest absolute Gasteiger partial charge is 0.497 e. The number of rotatable bonds is 4. The molecule has 1 amide bonds. The molecular weight excluding hydrogens is 424 g/mol. The average molecular weight is 446 g/mol. The first-order valence-corrected chi connectivity index (χ1v) is 10.4. The number of nitrogens with one attached hydrogen (secondary N) is 1. The second-order valence-corrected chi connectivity index (χ2v) is 7.69. The van der Waals surface area contributed by atoms with Crippen LogP contribution in [0.5, 0.6) is 11.6 Å². The number of aromatic nitrogens is 2. The molecule has 2 aromatic carbocycles. The molecule has 0 radical (unpaired) electrons. The number of methoxy groups -OCH3 is 1. The molecule has 2 aliphatic rings. The predicted octanol–water partition coefficient (Wildman–Crippen LogP) is 2.55. The van der Waals surface area contributed by atoms with Crippen LogP contribution >= 0.6 is 0 Å². The second kappa shape index (κ2) is 7.40. The summed E-state index contributed by atoms with van der Waals surface area (Å²) in [6.07, 6.45) is 0. The Morgan fingerprint density at radius 1 is 1.24 bits per heavy atom. The lowest BCUT2D eigenvalue weighted by Crippen LogP contribution is -2.46. The Hall–Kier alpha value is -4.27. The van der Waals surface area contributed by atoms with Crippen molar-refractivity contribution >= 4 is 17.6 Å². The second-order valence-electron chi connectivity index (χ2n) is 7.69. The number of benzene rings is 2. The summed E-state index contributed by atoms with van der Waals surface area (Å²) >= 11 is 0. The van der Waals surface area contributed by atoms with Gasteiger partial charge in [0.15, 0.2) is 0 Å². The lowest BCUT2D eigenvalue weighted by Gasteiger charge is -2.34. The normalized spacial score (nSPS) is 18.5. The Kier molecular flexibility index (Phi) is 4.63. The van der Waals surface area contributed by atoms with Crippen molar-refractivity contribution in [2.24, 2.45) is 5.73 Å². The number of amides is 1. The molecule has 0 saturated carbocycles. The smallest absolute Gasteiger partial charge is 0.341 e. The van der Waals surface area contributed by atoms with Crippen molar-refractivity contribution in [3.8, 4) is 17.3 Å². The van der Waals surface area contributed by atoms with Crippen molar-refractivity contribution in [1.82, 2.24) is 9.78 Å². The van der Waals surface area contributed by atoms with Crippen LogP contribution in [-0.2, 0) is 19.7 Å². The molecule has 0 aliphatic carbocycles. The highest BCUT2D eigenvalue weighted by Gasteiger charge is 2.61. The first kappa shape index (κ1) is 20.6. The maximum Gasteiger partial charge on any atom is 0.341 e. The summed E-state index contributed by atoms with van der Waals surface area (Å²) in [5.74, 6) is -0.623. The Balaban J connectivity index is 1.88. The van der Waals surface area contributed by atoms with E-state index >= 15 is 0 Å². The summed E-state index contributed by atoms with van der Waals surface area (Å²) in [7, 11) is 1.53. The maximum atomic E-state index is 13.8. The zero-order valence-corrected chi connectivity index (χ0v) is 18.3. The fraction of sp³-hybridized carbons (Fsp3) is 0.208. The molecule has 3 heterocycles. The van der Waals surface area contributed by atoms with Gasteiger partial charge in [0.25, 0.3) is 0 Å². The number of carbonyl (C=O) groups is 2.